The monoisotopic (exact) mass is 584 g/mol. The molecule has 0 aliphatic carbocycles. The number of hydrogen-bond acceptors (Lipinski definition) is 6. The number of thiocarbonyl (C=S) groups is 1. The molecule has 3 aromatic carbocycles. The first-order valence-corrected chi connectivity index (χ1v) is 12.3. The second-order valence-corrected chi connectivity index (χ2v) is 9.35. The quantitative estimate of drug-likeness (QED) is 0.189. The number of rotatable bonds is 4. The van der Waals surface area contributed by atoms with Crippen molar-refractivity contribution in [3.05, 3.63) is 76.1 Å². The van der Waals surface area contributed by atoms with Gasteiger partial charge in [0.05, 0.1) is 10.7 Å². The van der Waals surface area contributed by atoms with E-state index in [1.807, 2.05) is 4.90 Å². The van der Waals surface area contributed by atoms with Crippen LogP contribution in [0.1, 0.15) is 10.4 Å². The predicted molar refractivity (Wildman–Crippen MR) is 138 cm³/mol. The minimum atomic E-state index is -2.19. The van der Waals surface area contributed by atoms with Crippen LogP contribution in [0.25, 0.3) is 0 Å². The van der Waals surface area contributed by atoms with Crippen LogP contribution in [0.5, 0.6) is 11.5 Å². The van der Waals surface area contributed by atoms with E-state index in [0.717, 1.165) is 4.90 Å². The lowest BCUT2D eigenvalue weighted by Crippen LogP contribution is -2.47. The zero-order valence-corrected chi connectivity index (χ0v) is 21.4. The molecule has 1 amide bonds. The molecule has 2 aliphatic heterocycles. The summed E-state index contributed by atoms with van der Waals surface area (Å²) in [6, 6.07) is 9.65. The van der Waals surface area contributed by atoms with Gasteiger partial charge in [0, 0.05) is 37.4 Å². The Morgan fingerprint density at radius 1 is 0.821 bits per heavy atom. The van der Waals surface area contributed by atoms with E-state index >= 15 is 0 Å². The Kier molecular flexibility index (Phi) is 7.36. The number of ether oxygens (including phenoxy) is 2. The van der Waals surface area contributed by atoms with E-state index in [0.29, 0.717) is 33.5 Å². The normalized spacial score (nSPS) is 14.4. The van der Waals surface area contributed by atoms with E-state index in [1.54, 1.807) is 30.3 Å². The summed E-state index contributed by atoms with van der Waals surface area (Å²) in [5, 5.41) is 5.77. The summed E-state index contributed by atoms with van der Waals surface area (Å²) in [5.41, 5.74) is 0.448. The molecule has 0 atom stereocenters. The molecule has 0 aromatic heterocycles. The number of benzene rings is 3. The Hall–Kier alpha value is -3.84. The van der Waals surface area contributed by atoms with Crippen molar-refractivity contribution in [2.45, 2.75) is 0 Å². The van der Waals surface area contributed by atoms with Gasteiger partial charge < -0.3 is 24.6 Å². The second-order valence-electron chi connectivity index (χ2n) is 8.54. The lowest BCUT2D eigenvalue weighted by Gasteiger charge is -2.38. The molecule has 2 aliphatic rings. The lowest BCUT2D eigenvalue weighted by molar-refractivity contribution is 0.0977. The van der Waals surface area contributed by atoms with Crippen molar-refractivity contribution in [1.82, 2.24) is 5.32 Å². The maximum absolute atomic E-state index is 14.2. The van der Waals surface area contributed by atoms with Crippen molar-refractivity contribution in [2.24, 2.45) is 0 Å². The summed E-state index contributed by atoms with van der Waals surface area (Å²) in [4.78, 5) is 15.4. The number of nitrogens with one attached hydrogen (secondary N) is 2. The number of carbonyl (C=O) groups excluding carboxylic acids is 1. The molecule has 0 unspecified atom stereocenters. The molecule has 204 valence electrons. The molecule has 0 saturated carbocycles. The van der Waals surface area contributed by atoms with Crippen LogP contribution in [0.4, 0.5) is 39.0 Å². The Morgan fingerprint density at radius 2 is 1.44 bits per heavy atom. The van der Waals surface area contributed by atoms with Gasteiger partial charge in [0.15, 0.2) is 39.9 Å². The fraction of sp³-hybridized carbons (Fsp3) is 0.200. The Balaban J connectivity index is 1.20. The van der Waals surface area contributed by atoms with Gasteiger partial charge in [-0.15, -0.1) is 0 Å². The Bertz CT molecular complexity index is 1460. The first-order chi connectivity index (χ1) is 18.6. The van der Waals surface area contributed by atoms with Gasteiger partial charge in [-0.2, -0.15) is 0 Å². The molecule has 3 aromatic rings. The zero-order valence-electron chi connectivity index (χ0n) is 19.8. The van der Waals surface area contributed by atoms with Crippen LogP contribution >= 0.6 is 23.8 Å². The summed E-state index contributed by atoms with van der Waals surface area (Å²) >= 11 is 11.7. The highest BCUT2D eigenvalue weighted by molar-refractivity contribution is 7.80. The van der Waals surface area contributed by atoms with E-state index in [-0.39, 0.29) is 38.1 Å². The van der Waals surface area contributed by atoms with Crippen molar-refractivity contribution < 1.29 is 36.2 Å². The van der Waals surface area contributed by atoms with E-state index in [4.69, 9.17) is 33.3 Å². The zero-order chi connectivity index (χ0) is 27.8. The number of hydrogen-bond donors (Lipinski definition) is 2. The van der Waals surface area contributed by atoms with Gasteiger partial charge in [-0.25, -0.2) is 22.0 Å². The molecule has 2 N–H and O–H groups in total. The van der Waals surface area contributed by atoms with Crippen LogP contribution in [0.2, 0.25) is 5.02 Å². The van der Waals surface area contributed by atoms with Crippen molar-refractivity contribution in [1.29, 1.82) is 0 Å². The summed E-state index contributed by atoms with van der Waals surface area (Å²) in [5.74, 6) is -9.35. The standard InChI is InChI=1S/C25H18ClF5N4O3S/c26-14-10-13(32-25(39)33-24(36)12-1-4-16-17(9-12)38-11-37-16)2-3-15(14)34-5-7-35(8-6-34)23-21(30)19(28)18(27)20(29)22(23)31/h1-4,9-10H,5-8,11H2,(H2,32,33,36,39). The molecule has 1 fully saturated rings. The summed E-state index contributed by atoms with van der Waals surface area (Å²) in [6.07, 6.45) is 0. The number of halogens is 6. The smallest absolute Gasteiger partial charge is 0.257 e. The highest BCUT2D eigenvalue weighted by atomic mass is 35.5. The van der Waals surface area contributed by atoms with Gasteiger partial charge in [-0.05, 0) is 48.6 Å². The first-order valence-electron chi connectivity index (χ1n) is 11.5. The Morgan fingerprint density at radius 3 is 2.10 bits per heavy atom. The molecule has 7 nitrogen and oxygen atoms in total. The minimum absolute atomic E-state index is 0.00927. The molecular weight excluding hydrogens is 567 g/mol. The van der Waals surface area contributed by atoms with E-state index in [2.05, 4.69) is 10.6 Å². The number of fused-ring (bicyclic) bond motifs is 1. The average Bonchev–Trinajstić information content (AvgIpc) is 3.39. The third-order valence-corrected chi connectivity index (χ3v) is 6.70. The third-order valence-electron chi connectivity index (χ3n) is 6.19. The summed E-state index contributed by atoms with van der Waals surface area (Å²) in [7, 11) is 0. The highest BCUT2D eigenvalue weighted by Crippen LogP contribution is 2.34. The van der Waals surface area contributed by atoms with Gasteiger partial charge in [0.2, 0.25) is 12.6 Å². The van der Waals surface area contributed by atoms with Crippen LogP contribution in [0.3, 0.4) is 0 Å². The number of amides is 1. The molecule has 1 saturated heterocycles. The van der Waals surface area contributed by atoms with Crippen LogP contribution < -0.4 is 29.9 Å². The first kappa shape index (κ1) is 26.8. The molecule has 0 radical (unpaired) electrons. The van der Waals surface area contributed by atoms with E-state index < -0.39 is 40.7 Å². The number of carbonyl (C=O) groups is 1. The molecule has 0 bridgehead atoms. The van der Waals surface area contributed by atoms with Crippen molar-refractivity contribution in [2.75, 3.05) is 48.1 Å². The number of anilines is 3. The number of nitrogens with zero attached hydrogens (tertiary/aromatic N) is 2. The third kappa shape index (κ3) is 5.23. The van der Waals surface area contributed by atoms with Gasteiger partial charge >= 0.3 is 0 Å². The fourth-order valence-corrected chi connectivity index (χ4v) is 4.77. The van der Waals surface area contributed by atoms with Gasteiger partial charge in [0.25, 0.3) is 5.91 Å². The fourth-order valence-electron chi connectivity index (χ4n) is 4.26. The maximum Gasteiger partial charge on any atom is 0.257 e. The predicted octanol–water partition coefficient (Wildman–Crippen LogP) is 5.22. The topological polar surface area (TPSA) is 66.1 Å². The number of piperazine rings is 1. The minimum Gasteiger partial charge on any atom is -0.454 e. The maximum atomic E-state index is 14.2. The lowest BCUT2D eigenvalue weighted by atomic mass is 10.2. The largest absolute Gasteiger partial charge is 0.454 e. The Labute approximate surface area is 229 Å². The van der Waals surface area contributed by atoms with Crippen molar-refractivity contribution in [3.63, 3.8) is 0 Å². The second kappa shape index (κ2) is 10.7. The highest BCUT2D eigenvalue weighted by Gasteiger charge is 2.31. The summed E-state index contributed by atoms with van der Waals surface area (Å²) < 4.78 is 79.5. The molecular formula is C25H18ClF5N4O3S. The van der Waals surface area contributed by atoms with Crippen LogP contribution in [0, 0.1) is 29.1 Å². The van der Waals surface area contributed by atoms with Crippen LogP contribution in [-0.2, 0) is 0 Å². The van der Waals surface area contributed by atoms with E-state index in [1.165, 1.54) is 6.07 Å². The molecule has 2 heterocycles. The molecule has 5 rings (SSSR count). The van der Waals surface area contributed by atoms with E-state index in [9.17, 15) is 26.7 Å². The SMILES string of the molecule is O=C(NC(=S)Nc1ccc(N2CCN(c3c(F)c(F)c(F)c(F)c3F)CC2)c(Cl)c1)c1ccc2c(c1)OCO2. The molecule has 14 heteroatoms. The van der Waals surface area contributed by atoms with Gasteiger partial charge in [-0.3, -0.25) is 10.1 Å². The van der Waals surface area contributed by atoms with Crippen LogP contribution in [0.15, 0.2) is 36.4 Å². The van der Waals surface area contributed by atoms with Crippen molar-refractivity contribution in [3.8, 4) is 11.5 Å². The van der Waals surface area contributed by atoms with Gasteiger partial charge in [0.1, 0.15) is 5.69 Å². The molecule has 0 spiro atoms. The molecule has 39 heavy (non-hydrogen) atoms. The van der Waals surface area contributed by atoms with Gasteiger partial charge in [-0.1, -0.05) is 11.6 Å². The summed E-state index contributed by atoms with van der Waals surface area (Å²) in [6.45, 7) is 0.472. The average molecular weight is 585 g/mol. The van der Waals surface area contributed by atoms with Crippen molar-refractivity contribution >= 4 is 51.9 Å². The van der Waals surface area contributed by atoms with Crippen LogP contribution in [-0.4, -0.2) is 44.0 Å².